The van der Waals surface area contributed by atoms with E-state index in [1.165, 1.54) is 0 Å². The van der Waals surface area contributed by atoms with Gasteiger partial charge >= 0.3 is 0 Å². The maximum Gasteiger partial charge on any atom is 0.263 e. The molecule has 0 bridgehead atoms. The third kappa shape index (κ3) is 1.59. The van der Waals surface area contributed by atoms with E-state index >= 15 is 0 Å². The molecule has 0 saturated carbocycles. The monoisotopic (exact) mass is 251 g/mol. The van der Waals surface area contributed by atoms with E-state index in [0.717, 1.165) is 18.3 Å². The molecule has 7 heteroatoms. The summed E-state index contributed by atoms with van der Waals surface area (Å²) < 4.78 is 48.0. The summed E-state index contributed by atoms with van der Waals surface area (Å²) in [6.07, 6.45) is 1.02. The molecule has 0 fully saturated rings. The summed E-state index contributed by atoms with van der Waals surface area (Å²) in [6.45, 7) is 0. The van der Waals surface area contributed by atoms with Crippen molar-refractivity contribution in [2.45, 2.75) is 4.90 Å². The van der Waals surface area contributed by atoms with Crippen LogP contribution in [-0.2, 0) is 9.05 Å². The summed E-state index contributed by atoms with van der Waals surface area (Å²) >= 11 is 0. The Kier molecular flexibility index (Phi) is 2.20. The second-order valence-corrected chi connectivity index (χ2v) is 5.41. The van der Waals surface area contributed by atoms with Crippen LogP contribution in [0.2, 0.25) is 0 Å². The zero-order valence-corrected chi connectivity index (χ0v) is 8.66. The van der Waals surface area contributed by atoms with Gasteiger partial charge in [-0.1, -0.05) is 0 Å². The zero-order valence-electron chi connectivity index (χ0n) is 7.09. The van der Waals surface area contributed by atoms with E-state index in [9.17, 15) is 17.2 Å². The summed E-state index contributed by atoms with van der Waals surface area (Å²) in [5, 5.41) is 0.0314. The smallest absolute Gasteiger partial charge is 0.263 e. The summed E-state index contributed by atoms with van der Waals surface area (Å²) in [5.74, 6) is -2.18. The van der Waals surface area contributed by atoms with E-state index in [2.05, 4.69) is 4.98 Å². The first-order chi connectivity index (χ1) is 6.91. The summed E-state index contributed by atoms with van der Waals surface area (Å²) in [7, 11) is 1.14. The van der Waals surface area contributed by atoms with Gasteiger partial charge in [0.05, 0.1) is 5.52 Å². The fourth-order valence-electron chi connectivity index (χ4n) is 1.31. The minimum Gasteiger partial charge on any atom is -0.357 e. The Hall–Kier alpha value is -1.14. The number of halogens is 3. The van der Waals surface area contributed by atoms with Crippen LogP contribution in [0, 0.1) is 11.6 Å². The van der Waals surface area contributed by atoms with Gasteiger partial charge in [-0.2, -0.15) is 0 Å². The van der Waals surface area contributed by atoms with Crippen LogP contribution in [-0.4, -0.2) is 13.4 Å². The number of hydrogen-bond acceptors (Lipinski definition) is 2. The molecule has 0 aliphatic carbocycles. The highest BCUT2D eigenvalue weighted by Crippen LogP contribution is 2.27. The lowest BCUT2D eigenvalue weighted by Gasteiger charge is -1.95. The Morgan fingerprint density at radius 2 is 1.93 bits per heavy atom. The number of benzene rings is 1. The van der Waals surface area contributed by atoms with Crippen molar-refractivity contribution in [3.05, 3.63) is 30.0 Å². The first-order valence-corrected chi connectivity index (χ1v) is 6.12. The Balaban J connectivity index is 2.90. The van der Waals surface area contributed by atoms with E-state index in [1.54, 1.807) is 0 Å². The lowest BCUT2D eigenvalue weighted by atomic mass is 10.2. The highest BCUT2D eigenvalue weighted by molar-refractivity contribution is 8.14. The number of nitrogens with one attached hydrogen (secondary N) is 1. The van der Waals surface area contributed by atoms with E-state index in [1.807, 2.05) is 0 Å². The largest absolute Gasteiger partial charge is 0.357 e. The maximum absolute atomic E-state index is 13.2. The fourth-order valence-corrected chi connectivity index (χ4v) is 2.33. The van der Waals surface area contributed by atoms with E-state index in [4.69, 9.17) is 10.7 Å². The molecule has 3 nitrogen and oxygen atoms in total. The topological polar surface area (TPSA) is 49.9 Å². The van der Waals surface area contributed by atoms with Gasteiger partial charge in [0.25, 0.3) is 9.05 Å². The maximum atomic E-state index is 13.2. The number of aromatic amines is 1. The normalized spacial score (nSPS) is 12.2. The second-order valence-electron chi connectivity index (χ2n) is 2.87. The van der Waals surface area contributed by atoms with Gasteiger partial charge in [0.2, 0.25) is 0 Å². The molecule has 1 aromatic heterocycles. The molecule has 0 aliphatic rings. The van der Waals surface area contributed by atoms with Crippen LogP contribution in [0.25, 0.3) is 10.9 Å². The number of rotatable bonds is 1. The van der Waals surface area contributed by atoms with Gasteiger partial charge in [0, 0.05) is 22.3 Å². The van der Waals surface area contributed by atoms with Crippen molar-refractivity contribution in [1.82, 2.24) is 4.98 Å². The number of hydrogen-bond donors (Lipinski definition) is 1. The predicted octanol–water partition coefficient (Wildman–Crippen LogP) is 2.37. The third-order valence-corrected chi connectivity index (χ3v) is 3.33. The van der Waals surface area contributed by atoms with Crippen LogP contribution in [0.15, 0.2) is 23.2 Å². The van der Waals surface area contributed by atoms with Crippen molar-refractivity contribution in [2.75, 3.05) is 0 Å². The SMILES string of the molecule is O=S(=O)(Cl)c1c[nH]c2c(F)c(F)ccc12. The van der Waals surface area contributed by atoms with Crippen LogP contribution < -0.4 is 0 Å². The molecule has 0 saturated heterocycles. The average molecular weight is 252 g/mol. The molecule has 1 N–H and O–H groups in total. The molecule has 2 rings (SSSR count). The van der Waals surface area contributed by atoms with E-state index in [0.29, 0.717) is 0 Å². The number of H-pyrrole nitrogens is 1. The van der Waals surface area contributed by atoms with Gasteiger partial charge in [0.15, 0.2) is 11.6 Å². The quantitative estimate of drug-likeness (QED) is 0.791. The Bertz CT molecular complexity index is 635. The van der Waals surface area contributed by atoms with Gasteiger partial charge in [-0.25, -0.2) is 17.2 Å². The fraction of sp³-hybridized carbons (Fsp3) is 0. The molecular weight excluding hydrogens is 248 g/mol. The molecule has 0 amide bonds. The highest BCUT2D eigenvalue weighted by atomic mass is 35.7. The van der Waals surface area contributed by atoms with Gasteiger partial charge in [0.1, 0.15) is 4.90 Å². The Labute approximate surface area is 88.1 Å². The molecule has 1 aromatic carbocycles. The van der Waals surface area contributed by atoms with Gasteiger partial charge in [-0.3, -0.25) is 0 Å². The highest BCUT2D eigenvalue weighted by Gasteiger charge is 2.19. The lowest BCUT2D eigenvalue weighted by Crippen LogP contribution is -1.89. The van der Waals surface area contributed by atoms with Crippen LogP contribution in [0.1, 0.15) is 0 Å². The molecule has 80 valence electrons. The van der Waals surface area contributed by atoms with Crippen LogP contribution >= 0.6 is 10.7 Å². The predicted molar refractivity (Wildman–Crippen MR) is 51.3 cm³/mol. The lowest BCUT2D eigenvalue weighted by molar-refractivity contribution is 0.515. The van der Waals surface area contributed by atoms with E-state index in [-0.39, 0.29) is 15.8 Å². The Morgan fingerprint density at radius 3 is 2.53 bits per heavy atom. The molecule has 1 heterocycles. The second kappa shape index (κ2) is 3.18. The van der Waals surface area contributed by atoms with Crippen molar-refractivity contribution in [3.8, 4) is 0 Å². The molecule has 0 radical (unpaired) electrons. The van der Waals surface area contributed by atoms with Crippen molar-refractivity contribution in [2.24, 2.45) is 0 Å². The molecule has 0 aliphatic heterocycles. The molecule has 2 aromatic rings. The minimum atomic E-state index is -3.96. The van der Waals surface area contributed by atoms with Crippen molar-refractivity contribution < 1.29 is 17.2 Å². The van der Waals surface area contributed by atoms with Gasteiger partial charge in [-0.05, 0) is 12.1 Å². The summed E-state index contributed by atoms with van der Waals surface area (Å²) in [6, 6.07) is 2.00. The molecule has 0 unspecified atom stereocenters. The van der Waals surface area contributed by atoms with E-state index < -0.39 is 20.7 Å². The van der Waals surface area contributed by atoms with Gasteiger partial charge in [-0.15, -0.1) is 0 Å². The molecular formula is C8H4ClF2NO2S. The standard InChI is InChI=1S/C8H4ClF2NO2S/c9-15(13,14)6-3-12-8-4(6)1-2-5(10)7(8)11/h1-3,12H. The molecule has 15 heavy (non-hydrogen) atoms. The first-order valence-electron chi connectivity index (χ1n) is 3.81. The summed E-state index contributed by atoms with van der Waals surface area (Å²) in [4.78, 5) is 2.06. The van der Waals surface area contributed by atoms with Crippen molar-refractivity contribution in [3.63, 3.8) is 0 Å². The van der Waals surface area contributed by atoms with Gasteiger partial charge < -0.3 is 4.98 Å². The minimum absolute atomic E-state index is 0.0314. The Morgan fingerprint density at radius 1 is 1.27 bits per heavy atom. The first kappa shape index (κ1) is 10.4. The average Bonchev–Trinajstić information content (AvgIpc) is 2.54. The van der Waals surface area contributed by atoms with Crippen LogP contribution in [0.4, 0.5) is 8.78 Å². The zero-order chi connectivity index (χ0) is 11.2. The van der Waals surface area contributed by atoms with Crippen molar-refractivity contribution >= 4 is 30.6 Å². The molecule has 0 atom stereocenters. The van der Waals surface area contributed by atoms with Crippen molar-refractivity contribution in [1.29, 1.82) is 0 Å². The number of fused-ring (bicyclic) bond motifs is 1. The van der Waals surface area contributed by atoms with Crippen LogP contribution in [0.3, 0.4) is 0 Å². The summed E-state index contributed by atoms with van der Waals surface area (Å²) in [5.41, 5.74) is -0.214. The van der Waals surface area contributed by atoms with Crippen LogP contribution in [0.5, 0.6) is 0 Å². The molecule has 0 spiro atoms. The third-order valence-electron chi connectivity index (χ3n) is 1.97. The number of aromatic nitrogens is 1.